The molecule has 2 saturated heterocycles. The third kappa shape index (κ3) is 9.97. The molecule has 0 bridgehead atoms. The molecule has 1 aromatic rings. The number of hydrogen-bond donors (Lipinski definition) is 1. The second-order valence-electron chi connectivity index (χ2n) is 9.81. The second kappa shape index (κ2) is 17.1. The molecule has 0 aromatic heterocycles. The summed E-state index contributed by atoms with van der Waals surface area (Å²) in [6.07, 6.45) is 13.5. The topological polar surface area (TPSA) is 76.2 Å². The second-order valence-corrected chi connectivity index (χ2v) is 10.5. The van der Waals surface area contributed by atoms with Crippen LogP contribution in [-0.2, 0) is 20.9 Å². The molecule has 0 radical (unpaired) electrons. The summed E-state index contributed by atoms with van der Waals surface area (Å²) in [7, 11) is 6.34. The Balaban J connectivity index is 0.000000299. The molecule has 1 aliphatic carbocycles. The van der Waals surface area contributed by atoms with E-state index < -0.39 is 0 Å². The van der Waals surface area contributed by atoms with Crippen molar-refractivity contribution in [2.75, 3.05) is 40.3 Å². The van der Waals surface area contributed by atoms with Crippen molar-refractivity contribution < 1.29 is 14.4 Å². The Morgan fingerprint density at radius 3 is 2.37 bits per heavy atom. The fraction of sp³-hybridized carbons (Fsp3) is 0.552. The molecule has 2 fully saturated rings. The molecule has 1 N–H and O–H groups in total. The van der Waals surface area contributed by atoms with Crippen LogP contribution in [0.25, 0.3) is 0 Å². The van der Waals surface area contributed by atoms with Gasteiger partial charge in [0.05, 0.1) is 13.1 Å². The average molecular weight is 544 g/mol. The normalized spacial score (nSPS) is 19.1. The Morgan fingerprint density at radius 2 is 1.79 bits per heavy atom. The number of rotatable bonds is 8. The van der Waals surface area contributed by atoms with E-state index in [-0.39, 0.29) is 31.1 Å². The fourth-order valence-corrected chi connectivity index (χ4v) is 4.58. The highest BCUT2D eigenvalue weighted by atomic mass is 31.0. The van der Waals surface area contributed by atoms with Crippen LogP contribution in [0, 0.1) is 0 Å². The first-order valence-electron chi connectivity index (χ1n) is 13.7. The third-order valence-corrected chi connectivity index (χ3v) is 7.17. The summed E-state index contributed by atoms with van der Waals surface area (Å²) < 4.78 is 0. The van der Waals surface area contributed by atoms with Gasteiger partial charge in [0.15, 0.2) is 0 Å². The Morgan fingerprint density at radius 1 is 1.08 bits per heavy atom. The van der Waals surface area contributed by atoms with Crippen LogP contribution in [0.1, 0.15) is 57.9 Å². The number of carbonyl (C=O) groups is 3. The zero-order chi connectivity index (χ0) is 27.9. The van der Waals surface area contributed by atoms with Crippen molar-refractivity contribution in [2.24, 2.45) is 0 Å². The number of fused-ring (bicyclic) bond motifs is 1. The molecule has 3 amide bonds. The van der Waals surface area contributed by atoms with Crippen molar-refractivity contribution in [3.63, 3.8) is 0 Å². The molecule has 2 atom stereocenters. The maximum absolute atomic E-state index is 12.3. The van der Waals surface area contributed by atoms with Gasteiger partial charge in [-0.25, -0.2) is 5.01 Å². The molecule has 210 valence electrons. The van der Waals surface area contributed by atoms with Crippen LogP contribution < -0.4 is 10.6 Å². The first-order chi connectivity index (χ1) is 18.3. The van der Waals surface area contributed by atoms with Gasteiger partial charge < -0.3 is 15.1 Å². The Bertz CT molecular complexity index is 948. The number of amides is 3. The summed E-state index contributed by atoms with van der Waals surface area (Å²) in [5.41, 5.74) is 2.75. The molecule has 4 rings (SSSR count). The molecule has 1 aromatic carbocycles. The number of nitrogens with one attached hydrogen (secondary N) is 1. The van der Waals surface area contributed by atoms with Gasteiger partial charge >= 0.3 is 0 Å². The minimum Gasteiger partial charge on any atom is -0.337 e. The molecule has 0 spiro atoms. The summed E-state index contributed by atoms with van der Waals surface area (Å²) in [5, 5.41) is 7.46. The number of hydrogen-bond acceptors (Lipinski definition) is 5. The van der Waals surface area contributed by atoms with Crippen molar-refractivity contribution in [1.82, 2.24) is 25.1 Å². The van der Waals surface area contributed by atoms with E-state index in [0.29, 0.717) is 13.1 Å². The highest BCUT2D eigenvalue weighted by Gasteiger charge is 2.42. The third-order valence-electron chi connectivity index (χ3n) is 6.78. The minimum atomic E-state index is -0.386. The van der Waals surface area contributed by atoms with E-state index in [2.05, 4.69) is 70.9 Å². The molecular formula is C29H46N5O3P. The van der Waals surface area contributed by atoms with E-state index >= 15 is 0 Å². The lowest BCUT2D eigenvalue weighted by Crippen LogP contribution is -2.71. The van der Waals surface area contributed by atoms with Crippen LogP contribution in [0.3, 0.4) is 0 Å². The maximum Gasteiger partial charge on any atom is 0.242 e. The number of unbranched alkanes of at least 4 members (excludes halogenated alkanes) is 1. The highest BCUT2D eigenvalue weighted by Crippen LogP contribution is 2.22. The molecule has 38 heavy (non-hydrogen) atoms. The number of allylic oxidation sites excluding steroid dienone is 4. The fourth-order valence-electron chi connectivity index (χ4n) is 4.39. The quantitative estimate of drug-likeness (QED) is 0.403. The summed E-state index contributed by atoms with van der Waals surface area (Å²) >= 11 is 0. The largest absolute Gasteiger partial charge is 0.337 e. The average Bonchev–Trinajstić information content (AvgIpc) is 2.92. The van der Waals surface area contributed by atoms with Crippen molar-refractivity contribution in [1.29, 1.82) is 0 Å². The van der Waals surface area contributed by atoms with Crippen LogP contribution in [-0.4, -0.2) is 84.5 Å². The number of carbonyl (C=O) groups excluding carboxylic acids is 3. The predicted molar refractivity (Wildman–Crippen MR) is 157 cm³/mol. The minimum absolute atomic E-state index is 0.0347. The van der Waals surface area contributed by atoms with Gasteiger partial charge in [0.1, 0.15) is 12.7 Å². The zero-order valence-corrected chi connectivity index (χ0v) is 24.7. The summed E-state index contributed by atoms with van der Waals surface area (Å²) in [6, 6.07) is 8.44. The molecule has 3 aliphatic rings. The standard InChI is InChI=1S/C17H24N4O3.C8H12NP.C4H10/c1-18-11-17(24)20-12-16(23)19(10-15(20)21(18)13-22)9-5-8-14-6-3-2-4-7-14;1-9-6-7-2-4-8(10)5-3-7;1-3-4-2/h2-3,6,13,15H,4-5,7-12H2,1H3;2-5,9H,6,10H2,1H3;3-4H2,1-2H3. The van der Waals surface area contributed by atoms with Crippen molar-refractivity contribution in [2.45, 2.75) is 65.1 Å². The SMILES string of the molecule is CCCC.CN1CC(=O)N2CC(=O)N(CCCC3=CC=CCC3)CC2N1C=O.CNCc1ccc(P)cc1. The summed E-state index contributed by atoms with van der Waals surface area (Å²) in [5.74, 6) is -0.139. The van der Waals surface area contributed by atoms with Crippen LogP contribution in [0.15, 0.2) is 48.1 Å². The van der Waals surface area contributed by atoms with E-state index in [9.17, 15) is 14.4 Å². The smallest absolute Gasteiger partial charge is 0.242 e. The van der Waals surface area contributed by atoms with Crippen LogP contribution >= 0.6 is 9.24 Å². The van der Waals surface area contributed by atoms with Gasteiger partial charge in [-0.15, -0.1) is 9.24 Å². The first-order valence-corrected chi connectivity index (χ1v) is 14.3. The Labute approximate surface area is 231 Å². The lowest BCUT2D eigenvalue weighted by atomic mass is 10.0. The number of hydrazine groups is 1. The van der Waals surface area contributed by atoms with E-state index in [1.807, 2.05) is 7.05 Å². The molecular weight excluding hydrogens is 497 g/mol. The van der Waals surface area contributed by atoms with Gasteiger partial charge in [-0.05, 0) is 43.6 Å². The maximum atomic E-state index is 12.3. The van der Waals surface area contributed by atoms with Crippen LogP contribution in [0.4, 0.5) is 0 Å². The first kappa shape index (κ1) is 31.7. The molecule has 2 heterocycles. The summed E-state index contributed by atoms with van der Waals surface area (Å²) in [4.78, 5) is 39.1. The van der Waals surface area contributed by atoms with Crippen molar-refractivity contribution >= 4 is 32.8 Å². The zero-order valence-electron chi connectivity index (χ0n) is 23.6. The number of nitrogens with zero attached hydrogens (tertiary/aromatic N) is 4. The lowest BCUT2D eigenvalue weighted by Gasteiger charge is -2.50. The molecule has 2 aliphatic heterocycles. The van der Waals surface area contributed by atoms with Crippen molar-refractivity contribution in [3.8, 4) is 0 Å². The Kier molecular flexibility index (Phi) is 14.3. The van der Waals surface area contributed by atoms with Crippen LogP contribution in [0.2, 0.25) is 0 Å². The monoisotopic (exact) mass is 543 g/mol. The molecule has 8 nitrogen and oxygen atoms in total. The molecule has 9 heteroatoms. The summed E-state index contributed by atoms with van der Waals surface area (Å²) in [6.45, 7) is 6.55. The van der Waals surface area contributed by atoms with E-state index in [4.69, 9.17) is 0 Å². The van der Waals surface area contributed by atoms with Gasteiger partial charge in [-0.2, -0.15) is 0 Å². The lowest BCUT2D eigenvalue weighted by molar-refractivity contribution is -0.188. The van der Waals surface area contributed by atoms with Gasteiger partial charge in [0, 0.05) is 20.1 Å². The van der Waals surface area contributed by atoms with Gasteiger partial charge in [0.25, 0.3) is 0 Å². The van der Waals surface area contributed by atoms with Gasteiger partial charge in [-0.1, -0.05) is 74.8 Å². The number of benzene rings is 1. The van der Waals surface area contributed by atoms with E-state index in [0.717, 1.165) is 38.6 Å². The highest BCUT2D eigenvalue weighted by molar-refractivity contribution is 7.27. The van der Waals surface area contributed by atoms with Crippen LogP contribution in [0.5, 0.6) is 0 Å². The van der Waals surface area contributed by atoms with Gasteiger partial charge in [-0.3, -0.25) is 19.4 Å². The number of piperazine rings is 1. The molecule has 2 unspecified atom stereocenters. The molecule has 0 saturated carbocycles. The predicted octanol–water partition coefficient (Wildman–Crippen LogP) is 3.07. The number of likely N-dealkylation sites (N-methyl/N-ethyl adjacent to an activating group) is 1. The van der Waals surface area contributed by atoms with Crippen molar-refractivity contribution in [3.05, 3.63) is 53.6 Å². The van der Waals surface area contributed by atoms with E-state index in [1.165, 1.54) is 39.2 Å². The Hall–Kier alpha value is -2.54. The van der Waals surface area contributed by atoms with Gasteiger partial charge in [0.2, 0.25) is 18.2 Å². The van der Waals surface area contributed by atoms with E-state index in [1.54, 1.807) is 17.0 Å².